The fourth-order valence-electron chi connectivity index (χ4n) is 2.48. The second-order valence-electron chi connectivity index (χ2n) is 6.83. The van der Waals surface area contributed by atoms with Gasteiger partial charge in [-0.05, 0) is 70.1 Å². The molecule has 0 bridgehead atoms. The topological polar surface area (TPSA) is 26.0 Å². The molecule has 2 nitrogen and oxygen atoms in total. The number of aryl methyl sites for hydroxylation is 1. The van der Waals surface area contributed by atoms with E-state index < -0.39 is 0 Å². The average molecular weight is 358 g/mol. The molecule has 1 aromatic heterocycles. The molecule has 22 heavy (non-hydrogen) atoms. The maximum atomic E-state index is 5.99. The second-order valence-corrected chi connectivity index (χ2v) is 7.62. The van der Waals surface area contributed by atoms with E-state index in [9.17, 15) is 0 Å². The summed E-state index contributed by atoms with van der Waals surface area (Å²) in [5.74, 6) is 0.668. The molecular weight excluding hydrogens is 338 g/mol. The van der Waals surface area contributed by atoms with Gasteiger partial charge in [0.2, 0.25) is 5.89 Å². The second kappa shape index (κ2) is 5.24. The molecule has 0 aliphatic heterocycles. The first-order chi connectivity index (χ1) is 10.3. The third-order valence-electron chi connectivity index (χ3n) is 4.12. The van der Waals surface area contributed by atoms with Crippen molar-refractivity contribution in [1.82, 2.24) is 4.98 Å². The van der Waals surface area contributed by atoms with Crippen molar-refractivity contribution in [2.75, 3.05) is 0 Å². The van der Waals surface area contributed by atoms with Crippen LogP contribution in [-0.2, 0) is 5.41 Å². The third kappa shape index (κ3) is 2.58. The van der Waals surface area contributed by atoms with Crippen LogP contribution in [0.2, 0.25) is 0 Å². The Morgan fingerprint density at radius 2 is 1.68 bits per heavy atom. The smallest absolute Gasteiger partial charge is 0.227 e. The van der Waals surface area contributed by atoms with E-state index in [1.54, 1.807) is 0 Å². The lowest BCUT2D eigenvalue weighted by molar-refractivity contribution is 0.589. The average Bonchev–Trinajstić information content (AvgIpc) is 2.88. The van der Waals surface area contributed by atoms with Crippen LogP contribution in [-0.4, -0.2) is 4.98 Å². The van der Waals surface area contributed by atoms with Gasteiger partial charge in [0, 0.05) is 5.56 Å². The molecular formula is C19H20BrNO. The Morgan fingerprint density at radius 3 is 2.27 bits per heavy atom. The van der Waals surface area contributed by atoms with Crippen LogP contribution >= 0.6 is 15.9 Å². The van der Waals surface area contributed by atoms with E-state index in [1.165, 1.54) is 16.7 Å². The van der Waals surface area contributed by atoms with Gasteiger partial charge in [0.25, 0.3) is 0 Å². The van der Waals surface area contributed by atoms with Crippen LogP contribution in [0.3, 0.4) is 0 Å². The molecule has 0 atom stereocenters. The summed E-state index contributed by atoms with van der Waals surface area (Å²) in [5, 5.41) is 0. The van der Waals surface area contributed by atoms with E-state index in [2.05, 4.69) is 85.9 Å². The molecule has 0 radical (unpaired) electrons. The fraction of sp³-hybridized carbons (Fsp3) is 0.316. The fourth-order valence-corrected chi connectivity index (χ4v) is 3.08. The molecule has 1 heterocycles. The molecule has 0 saturated heterocycles. The van der Waals surface area contributed by atoms with E-state index in [1.807, 2.05) is 0 Å². The van der Waals surface area contributed by atoms with E-state index in [0.717, 1.165) is 21.1 Å². The number of fused-ring (bicyclic) bond motifs is 1. The summed E-state index contributed by atoms with van der Waals surface area (Å²) < 4.78 is 6.98. The lowest BCUT2D eigenvalue weighted by Crippen LogP contribution is -2.10. The van der Waals surface area contributed by atoms with Crippen LogP contribution < -0.4 is 0 Å². The molecule has 3 rings (SSSR count). The summed E-state index contributed by atoms with van der Waals surface area (Å²) in [5.41, 5.74) is 6.58. The Balaban J connectivity index is 2.09. The van der Waals surface area contributed by atoms with Gasteiger partial charge in [0.15, 0.2) is 5.58 Å². The van der Waals surface area contributed by atoms with E-state index in [4.69, 9.17) is 4.42 Å². The van der Waals surface area contributed by atoms with Crippen molar-refractivity contribution in [3.63, 3.8) is 0 Å². The van der Waals surface area contributed by atoms with E-state index in [0.29, 0.717) is 5.89 Å². The molecule has 0 aliphatic rings. The van der Waals surface area contributed by atoms with Crippen molar-refractivity contribution in [3.8, 4) is 11.5 Å². The number of hydrogen-bond acceptors (Lipinski definition) is 2. The lowest BCUT2D eigenvalue weighted by atomic mass is 9.87. The predicted octanol–water partition coefficient (Wildman–Crippen LogP) is 6.17. The molecule has 0 fully saturated rings. The number of aromatic nitrogens is 1. The summed E-state index contributed by atoms with van der Waals surface area (Å²) in [6.45, 7) is 10.8. The molecule has 0 aliphatic carbocycles. The molecule has 2 aromatic carbocycles. The van der Waals surface area contributed by atoms with Gasteiger partial charge in [-0.3, -0.25) is 0 Å². The number of oxazole rings is 1. The highest BCUT2D eigenvalue weighted by Gasteiger charge is 2.16. The Labute approximate surface area is 139 Å². The van der Waals surface area contributed by atoms with Crippen LogP contribution in [0.5, 0.6) is 0 Å². The van der Waals surface area contributed by atoms with Crippen LogP contribution in [0.25, 0.3) is 22.6 Å². The molecule has 0 unspecified atom stereocenters. The summed E-state index contributed by atoms with van der Waals surface area (Å²) in [6, 6.07) is 10.5. The molecule has 3 heteroatoms. The first kappa shape index (κ1) is 15.3. The van der Waals surface area contributed by atoms with Gasteiger partial charge in [-0.1, -0.05) is 32.9 Å². The number of hydrogen-bond donors (Lipinski definition) is 0. The zero-order valence-corrected chi connectivity index (χ0v) is 15.2. The standard InChI is InChI=1S/C19H20BrNO/c1-11-10-15-17(16(20)12(11)2)22-18(21-15)13-6-8-14(9-7-13)19(3,4)5/h6-10H,1-5H3. The zero-order chi connectivity index (χ0) is 16.1. The minimum Gasteiger partial charge on any atom is -0.435 e. The van der Waals surface area contributed by atoms with Gasteiger partial charge in [0.1, 0.15) is 5.52 Å². The number of nitrogens with zero attached hydrogens (tertiary/aromatic N) is 1. The van der Waals surface area contributed by atoms with Gasteiger partial charge in [-0.2, -0.15) is 0 Å². The quantitative estimate of drug-likeness (QED) is 0.520. The van der Waals surface area contributed by atoms with Gasteiger partial charge >= 0.3 is 0 Å². The van der Waals surface area contributed by atoms with Gasteiger partial charge in [-0.15, -0.1) is 0 Å². The Bertz CT molecular complexity index is 838. The monoisotopic (exact) mass is 357 g/mol. The van der Waals surface area contributed by atoms with Crippen LogP contribution in [0, 0.1) is 13.8 Å². The zero-order valence-electron chi connectivity index (χ0n) is 13.6. The Hall–Kier alpha value is -1.61. The first-order valence-corrected chi connectivity index (χ1v) is 8.24. The Kier molecular flexibility index (Phi) is 3.64. The van der Waals surface area contributed by atoms with Crippen LogP contribution in [0.4, 0.5) is 0 Å². The number of halogens is 1. The minimum absolute atomic E-state index is 0.150. The largest absolute Gasteiger partial charge is 0.435 e. The van der Waals surface area contributed by atoms with Crippen LogP contribution in [0.1, 0.15) is 37.5 Å². The minimum atomic E-state index is 0.150. The molecule has 0 amide bonds. The molecule has 114 valence electrons. The predicted molar refractivity (Wildman–Crippen MR) is 95.3 cm³/mol. The van der Waals surface area contributed by atoms with Crippen molar-refractivity contribution in [3.05, 3.63) is 51.5 Å². The van der Waals surface area contributed by atoms with Gasteiger partial charge in [0.05, 0.1) is 4.47 Å². The van der Waals surface area contributed by atoms with Crippen molar-refractivity contribution in [1.29, 1.82) is 0 Å². The maximum absolute atomic E-state index is 5.99. The van der Waals surface area contributed by atoms with Crippen molar-refractivity contribution in [2.45, 2.75) is 40.0 Å². The van der Waals surface area contributed by atoms with Gasteiger partial charge in [-0.25, -0.2) is 4.98 Å². The van der Waals surface area contributed by atoms with Crippen molar-refractivity contribution < 1.29 is 4.42 Å². The summed E-state index contributed by atoms with van der Waals surface area (Å²) >= 11 is 3.62. The highest BCUT2D eigenvalue weighted by atomic mass is 79.9. The Morgan fingerprint density at radius 1 is 1.05 bits per heavy atom. The number of benzene rings is 2. The van der Waals surface area contributed by atoms with Crippen molar-refractivity contribution >= 4 is 27.0 Å². The number of rotatable bonds is 1. The third-order valence-corrected chi connectivity index (χ3v) is 5.08. The van der Waals surface area contributed by atoms with E-state index in [-0.39, 0.29) is 5.41 Å². The van der Waals surface area contributed by atoms with E-state index >= 15 is 0 Å². The molecule has 0 N–H and O–H groups in total. The normalized spacial score (nSPS) is 12.1. The first-order valence-electron chi connectivity index (χ1n) is 7.44. The lowest BCUT2D eigenvalue weighted by Gasteiger charge is -2.18. The molecule has 0 spiro atoms. The SMILES string of the molecule is Cc1cc2nc(-c3ccc(C(C)(C)C)cc3)oc2c(Br)c1C. The summed E-state index contributed by atoms with van der Waals surface area (Å²) in [6.07, 6.45) is 0. The highest BCUT2D eigenvalue weighted by molar-refractivity contribution is 9.10. The van der Waals surface area contributed by atoms with Crippen LogP contribution in [0.15, 0.2) is 39.2 Å². The highest BCUT2D eigenvalue weighted by Crippen LogP contribution is 2.34. The summed E-state index contributed by atoms with van der Waals surface area (Å²) in [7, 11) is 0. The molecule has 0 saturated carbocycles. The summed E-state index contributed by atoms with van der Waals surface area (Å²) in [4.78, 5) is 4.64. The van der Waals surface area contributed by atoms with Gasteiger partial charge < -0.3 is 4.42 Å². The maximum Gasteiger partial charge on any atom is 0.227 e. The van der Waals surface area contributed by atoms with Crippen molar-refractivity contribution in [2.24, 2.45) is 0 Å². The molecule has 3 aromatic rings.